The van der Waals surface area contributed by atoms with Gasteiger partial charge in [-0.25, -0.2) is 23.6 Å². The number of hydrazine groups is 1. The molecule has 4 rings (SSSR count). The summed E-state index contributed by atoms with van der Waals surface area (Å²) >= 11 is 0. The predicted octanol–water partition coefficient (Wildman–Crippen LogP) is 2.71. The van der Waals surface area contributed by atoms with Gasteiger partial charge in [-0.1, -0.05) is 12.1 Å². The lowest BCUT2D eigenvalue weighted by Gasteiger charge is -2.30. The first-order chi connectivity index (χ1) is 12.5. The first-order valence-electron chi connectivity index (χ1n) is 8.10. The highest BCUT2D eigenvalue weighted by atomic mass is 19.1. The minimum absolute atomic E-state index is 0.0602. The lowest BCUT2D eigenvalue weighted by molar-refractivity contribution is -0.137. The Kier molecular flexibility index (Phi) is 4.12. The number of carbonyl (C=O) groups excluding carboxylic acids is 1. The molecule has 2 aliphatic heterocycles. The van der Waals surface area contributed by atoms with E-state index in [1.807, 2.05) is 0 Å². The van der Waals surface area contributed by atoms with E-state index in [1.165, 1.54) is 18.5 Å². The van der Waals surface area contributed by atoms with E-state index in [2.05, 4.69) is 10.5 Å². The van der Waals surface area contributed by atoms with Gasteiger partial charge in [0.05, 0.1) is 12.6 Å². The molecule has 8 heteroatoms. The van der Waals surface area contributed by atoms with Crippen molar-refractivity contribution in [2.24, 2.45) is 5.10 Å². The van der Waals surface area contributed by atoms with Gasteiger partial charge in [0, 0.05) is 5.56 Å². The molecule has 2 atom stereocenters. The smallest absolute Gasteiger partial charge is 0.267 e. The molecule has 2 aromatic rings. The van der Waals surface area contributed by atoms with Crippen molar-refractivity contribution in [2.75, 3.05) is 0 Å². The molecule has 1 amide bonds. The van der Waals surface area contributed by atoms with E-state index >= 15 is 0 Å². The van der Waals surface area contributed by atoms with Crippen molar-refractivity contribution in [1.82, 2.24) is 15.4 Å². The van der Waals surface area contributed by atoms with E-state index in [1.54, 1.807) is 17.1 Å². The molecule has 1 fully saturated rings. The molecule has 1 saturated heterocycles. The summed E-state index contributed by atoms with van der Waals surface area (Å²) in [6, 6.07) is 8.47. The average Bonchev–Trinajstić information content (AvgIpc) is 3.06. The van der Waals surface area contributed by atoms with Crippen LogP contribution in [-0.4, -0.2) is 28.3 Å². The number of fused-ring (bicyclic) bond motifs is 1. The van der Waals surface area contributed by atoms with Crippen molar-refractivity contribution in [2.45, 2.75) is 25.0 Å². The topological polar surface area (TPSA) is 47.9 Å². The van der Waals surface area contributed by atoms with Gasteiger partial charge in [0.1, 0.15) is 29.8 Å². The number of hydrogen-bond donors (Lipinski definition) is 1. The molecule has 5 nitrogen and oxygen atoms in total. The van der Waals surface area contributed by atoms with Crippen molar-refractivity contribution < 1.29 is 18.0 Å². The Morgan fingerprint density at radius 1 is 1.08 bits per heavy atom. The van der Waals surface area contributed by atoms with E-state index in [0.29, 0.717) is 6.42 Å². The van der Waals surface area contributed by atoms with Crippen molar-refractivity contribution in [3.8, 4) is 0 Å². The first-order valence-corrected chi connectivity index (χ1v) is 8.10. The lowest BCUT2D eigenvalue weighted by atomic mass is 10.0. The summed E-state index contributed by atoms with van der Waals surface area (Å²) in [5.74, 6) is -1.81. The SMILES string of the molecule is O=C1C2CC(c3ccc(F)cc3)NN2C=NN1Cc1cc(F)ccc1F. The number of amides is 1. The fraction of sp³-hybridized carbons (Fsp3) is 0.222. The third-order valence-corrected chi connectivity index (χ3v) is 4.55. The van der Waals surface area contributed by atoms with Gasteiger partial charge < -0.3 is 0 Å². The van der Waals surface area contributed by atoms with Crippen LogP contribution in [0, 0.1) is 17.5 Å². The van der Waals surface area contributed by atoms with Crippen molar-refractivity contribution in [3.63, 3.8) is 0 Å². The monoisotopic (exact) mass is 360 g/mol. The zero-order valence-electron chi connectivity index (χ0n) is 13.6. The largest absolute Gasteiger partial charge is 0.283 e. The highest BCUT2D eigenvalue weighted by Gasteiger charge is 2.41. The zero-order valence-corrected chi connectivity index (χ0v) is 13.6. The molecule has 134 valence electrons. The van der Waals surface area contributed by atoms with Crippen LogP contribution in [0.2, 0.25) is 0 Å². The second kappa shape index (κ2) is 6.45. The highest BCUT2D eigenvalue weighted by Crippen LogP contribution is 2.30. The van der Waals surface area contributed by atoms with Crippen LogP contribution >= 0.6 is 0 Å². The van der Waals surface area contributed by atoms with E-state index in [4.69, 9.17) is 0 Å². The molecule has 0 saturated carbocycles. The van der Waals surface area contributed by atoms with Gasteiger partial charge >= 0.3 is 0 Å². The van der Waals surface area contributed by atoms with E-state index in [9.17, 15) is 18.0 Å². The lowest BCUT2D eigenvalue weighted by Crippen LogP contribution is -2.50. The summed E-state index contributed by atoms with van der Waals surface area (Å²) in [7, 11) is 0. The van der Waals surface area contributed by atoms with Crippen molar-refractivity contribution >= 4 is 12.2 Å². The zero-order chi connectivity index (χ0) is 18.3. The highest BCUT2D eigenvalue weighted by molar-refractivity contribution is 5.87. The average molecular weight is 360 g/mol. The van der Waals surface area contributed by atoms with Gasteiger partial charge in [0.25, 0.3) is 5.91 Å². The molecular formula is C18H15F3N4O. The molecule has 26 heavy (non-hydrogen) atoms. The number of hydrogen-bond acceptors (Lipinski definition) is 4. The third kappa shape index (κ3) is 3.03. The second-order valence-electron chi connectivity index (χ2n) is 6.25. The summed E-state index contributed by atoms with van der Waals surface area (Å²) in [6.07, 6.45) is 1.91. The molecule has 2 aliphatic rings. The molecule has 0 spiro atoms. The number of halogens is 3. The Bertz CT molecular complexity index is 871. The fourth-order valence-corrected chi connectivity index (χ4v) is 3.19. The molecular weight excluding hydrogens is 345 g/mol. The fourth-order valence-electron chi connectivity index (χ4n) is 3.19. The molecule has 0 bridgehead atoms. The van der Waals surface area contributed by atoms with Gasteiger partial charge in [0.2, 0.25) is 0 Å². The Morgan fingerprint density at radius 2 is 1.81 bits per heavy atom. The maximum Gasteiger partial charge on any atom is 0.267 e. The summed E-state index contributed by atoms with van der Waals surface area (Å²) in [5, 5.41) is 6.76. The quantitative estimate of drug-likeness (QED) is 0.916. The van der Waals surface area contributed by atoms with Crippen LogP contribution in [-0.2, 0) is 11.3 Å². The Labute approximate surface area is 147 Å². The maximum absolute atomic E-state index is 13.8. The van der Waals surface area contributed by atoms with Gasteiger partial charge in [-0.05, 0) is 42.3 Å². The van der Waals surface area contributed by atoms with Crippen LogP contribution in [0.15, 0.2) is 47.6 Å². The molecule has 0 aromatic heterocycles. The first kappa shape index (κ1) is 16.6. The molecule has 2 heterocycles. The normalized spacial score (nSPS) is 22.0. The molecule has 0 radical (unpaired) electrons. The van der Waals surface area contributed by atoms with Crippen LogP contribution in [0.4, 0.5) is 13.2 Å². The van der Waals surface area contributed by atoms with Gasteiger partial charge in [-0.2, -0.15) is 5.10 Å². The molecule has 2 aromatic carbocycles. The van der Waals surface area contributed by atoms with Crippen molar-refractivity contribution in [3.05, 3.63) is 71.0 Å². The standard InChI is InChI=1S/C18H15F3N4O/c19-13-3-1-11(2-4-13)16-8-17-18(26)24(22-10-25(17)23-16)9-12-7-14(20)5-6-15(12)21/h1-7,10,16-17,23H,8-9H2. The van der Waals surface area contributed by atoms with Gasteiger partial charge in [-0.15, -0.1) is 0 Å². The number of rotatable bonds is 3. The second-order valence-corrected chi connectivity index (χ2v) is 6.25. The van der Waals surface area contributed by atoms with Crippen LogP contribution < -0.4 is 5.43 Å². The third-order valence-electron chi connectivity index (χ3n) is 4.55. The summed E-state index contributed by atoms with van der Waals surface area (Å²) in [5.41, 5.74) is 4.06. The number of carbonyl (C=O) groups is 1. The molecule has 1 N–H and O–H groups in total. The van der Waals surface area contributed by atoms with Gasteiger partial charge in [-0.3, -0.25) is 9.80 Å². The van der Waals surface area contributed by atoms with Crippen LogP contribution in [0.5, 0.6) is 0 Å². The molecule has 0 aliphatic carbocycles. The summed E-state index contributed by atoms with van der Waals surface area (Å²) < 4.78 is 40.2. The van der Waals surface area contributed by atoms with E-state index in [0.717, 1.165) is 28.8 Å². The molecule has 2 unspecified atom stereocenters. The Morgan fingerprint density at radius 3 is 2.58 bits per heavy atom. The summed E-state index contributed by atoms with van der Waals surface area (Å²) in [6.45, 7) is -0.148. The predicted molar refractivity (Wildman–Crippen MR) is 87.9 cm³/mol. The van der Waals surface area contributed by atoms with Crippen molar-refractivity contribution in [1.29, 1.82) is 0 Å². The van der Waals surface area contributed by atoms with Crippen LogP contribution in [0.1, 0.15) is 23.6 Å². The number of nitrogens with zero attached hydrogens (tertiary/aromatic N) is 3. The van der Waals surface area contributed by atoms with Crippen LogP contribution in [0.3, 0.4) is 0 Å². The number of benzene rings is 2. The van der Waals surface area contributed by atoms with Crippen LogP contribution in [0.25, 0.3) is 0 Å². The Balaban J connectivity index is 1.50. The minimum atomic E-state index is -0.592. The number of nitrogens with one attached hydrogen (secondary N) is 1. The minimum Gasteiger partial charge on any atom is -0.283 e. The number of hydrazone groups is 1. The summed E-state index contributed by atoms with van der Waals surface area (Å²) in [4.78, 5) is 12.7. The van der Waals surface area contributed by atoms with Gasteiger partial charge in [0.15, 0.2) is 0 Å². The van der Waals surface area contributed by atoms with E-state index < -0.39 is 17.7 Å². The maximum atomic E-state index is 13.8. The van der Waals surface area contributed by atoms with E-state index in [-0.39, 0.29) is 29.9 Å². The Hall–Kier alpha value is -2.87.